The van der Waals surface area contributed by atoms with E-state index in [4.69, 9.17) is 0 Å². The molecule has 0 saturated carbocycles. The average molecular weight is 345 g/mol. The number of unbranched alkanes of at least 4 members (excludes halogenated alkanes) is 1. The lowest BCUT2D eigenvalue weighted by Gasteiger charge is -2.06. The third-order valence-corrected chi connectivity index (χ3v) is 4.74. The fourth-order valence-electron chi connectivity index (χ4n) is 1.92. The largest absolute Gasteiger partial charge is 0.289 e. The Morgan fingerprint density at radius 3 is 2.58 bits per heavy atom. The van der Waals surface area contributed by atoms with Crippen LogP contribution in [0.3, 0.4) is 0 Å². The van der Waals surface area contributed by atoms with Crippen LogP contribution in [0, 0.1) is 0 Å². The number of aromatic nitrogens is 2. The molecule has 6 nitrogen and oxygen atoms in total. The van der Waals surface area contributed by atoms with Crippen LogP contribution in [0.15, 0.2) is 53.8 Å². The monoisotopic (exact) mass is 345 g/mol. The van der Waals surface area contributed by atoms with Gasteiger partial charge in [-0.15, -0.1) is 0 Å². The summed E-state index contributed by atoms with van der Waals surface area (Å²) in [5.41, 5.74) is 0.979. The molecule has 0 atom stereocenters. The van der Waals surface area contributed by atoms with Crippen molar-refractivity contribution in [2.24, 2.45) is 0 Å². The van der Waals surface area contributed by atoms with E-state index in [2.05, 4.69) is 14.7 Å². The van der Waals surface area contributed by atoms with Gasteiger partial charge in [-0.25, -0.2) is 13.1 Å². The molecule has 0 bridgehead atoms. The molecule has 1 N–H and O–H groups in total. The quantitative estimate of drug-likeness (QED) is 0.451. The Kier molecular flexibility index (Phi) is 6.34. The van der Waals surface area contributed by atoms with Crippen molar-refractivity contribution >= 4 is 21.9 Å². The summed E-state index contributed by atoms with van der Waals surface area (Å²) in [7, 11) is -3.53. The molecule has 0 fully saturated rings. The number of benzene rings is 1. The number of carbonyl (C=O) groups is 1. The number of nitrogens with one attached hydrogen (secondary N) is 1. The van der Waals surface area contributed by atoms with Gasteiger partial charge in [0.15, 0.2) is 5.78 Å². The number of rotatable bonds is 8. The first-order valence-corrected chi connectivity index (χ1v) is 9.09. The van der Waals surface area contributed by atoms with Gasteiger partial charge < -0.3 is 0 Å². The Morgan fingerprint density at radius 2 is 1.96 bits per heavy atom. The van der Waals surface area contributed by atoms with E-state index < -0.39 is 10.0 Å². The minimum absolute atomic E-state index is 0.146. The Bertz CT molecular complexity index is 801. The third-order valence-electron chi connectivity index (χ3n) is 3.26. The summed E-state index contributed by atoms with van der Waals surface area (Å²) in [6.45, 7) is 2.39. The minimum atomic E-state index is -3.53. The number of sulfonamides is 1. The summed E-state index contributed by atoms with van der Waals surface area (Å²) >= 11 is 0. The van der Waals surface area contributed by atoms with Crippen LogP contribution in [0.25, 0.3) is 6.08 Å². The summed E-state index contributed by atoms with van der Waals surface area (Å²) in [5.74, 6) is -0.233. The molecule has 0 radical (unpaired) electrons. The highest BCUT2D eigenvalue weighted by Gasteiger charge is 2.13. The summed E-state index contributed by atoms with van der Waals surface area (Å²) in [6.07, 6.45) is 9.26. The lowest BCUT2D eigenvalue weighted by atomic mass is 10.1. The molecule has 1 aromatic carbocycles. The van der Waals surface area contributed by atoms with E-state index in [0.717, 1.165) is 12.8 Å². The highest BCUT2D eigenvalue weighted by Crippen LogP contribution is 2.12. The van der Waals surface area contributed by atoms with E-state index in [1.54, 1.807) is 18.5 Å². The fourth-order valence-corrected chi connectivity index (χ4v) is 2.99. The second kappa shape index (κ2) is 8.47. The first-order chi connectivity index (χ1) is 11.5. The zero-order valence-electron chi connectivity index (χ0n) is 13.3. The van der Waals surface area contributed by atoms with Crippen molar-refractivity contribution in [3.63, 3.8) is 0 Å². The Hall–Kier alpha value is -2.38. The summed E-state index contributed by atoms with van der Waals surface area (Å²) in [4.78, 5) is 20.2. The first kappa shape index (κ1) is 18.0. The summed E-state index contributed by atoms with van der Waals surface area (Å²) in [6, 6.07) is 5.85. The van der Waals surface area contributed by atoms with E-state index in [1.165, 1.54) is 36.5 Å². The zero-order chi connectivity index (χ0) is 17.4. The van der Waals surface area contributed by atoms with Gasteiger partial charge in [0, 0.05) is 24.5 Å². The number of ketones is 1. The molecule has 0 aliphatic carbocycles. The van der Waals surface area contributed by atoms with Crippen LogP contribution in [0.2, 0.25) is 0 Å². The Morgan fingerprint density at radius 1 is 1.21 bits per heavy atom. The van der Waals surface area contributed by atoms with Gasteiger partial charge in [-0.3, -0.25) is 14.8 Å². The second-order valence-electron chi connectivity index (χ2n) is 5.10. The average Bonchev–Trinajstić information content (AvgIpc) is 2.61. The van der Waals surface area contributed by atoms with Crippen LogP contribution in [0.4, 0.5) is 0 Å². The van der Waals surface area contributed by atoms with Gasteiger partial charge in [-0.05, 0) is 42.8 Å². The number of hydrogen-bond donors (Lipinski definition) is 1. The smallest absolute Gasteiger partial charge is 0.240 e. The van der Waals surface area contributed by atoms with Crippen molar-refractivity contribution in [2.45, 2.75) is 24.7 Å². The Balaban J connectivity index is 2.06. The molecule has 0 aliphatic heterocycles. The van der Waals surface area contributed by atoms with E-state index in [9.17, 15) is 13.2 Å². The maximum atomic E-state index is 12.1. The Labute approximate surface area is 141 Å². The van der Waals surface area contributed by atoms with Crippen molar-refractivity contribution in [3.05, 3.63) is 60.2 Å². The van der Waals surface area contributed by atoms with Crippen LogP contribution >= 0.6 is 0 Å². The van der Waals surface area contributed by atoms with Crippen LogP contribution in [0.5, 0.6) is 0 Å². The molecule has 2 aromatic rings. The molecule has 0 amide bonds. The number of allylic oxidation sites excluding steroid dienone is 1. The normalized spacial score (nSPS) is 11.7. The van der Waals surface area contributed by atoms with Crippen LogP contribution in [0.1, 0.15) is 35.8 Å². The molecule has 7 heteroatoms. The van der Waals surface area contributed by atoms with Crippen LogP contribution in [-0.2, 0) is 10.0 Å². The minimum Gasteiger partial charge on any atom is -0.289 e. The van der Waals surface area contributed by atoms with Crippen molar-refractivity contribution < 1.29 is 13.2 Å². The molecule has 126 valence electrons. The van der Waals surface area contributed by atoms with E-state index in [0.29, 0.717) is 17.8 Å². The van der Waals surface area contributed by atoms with E-state index in [-0.39, 0.29) is 10.7 Å². The highest BCUT2D eigenvalue weighted by atomic mass is 32.2. The van der Waals surface area contributed by atoms with Crippen LogP contribution < -0.4 is 4.72 Å². The van der Waals surface area contributed by atoms with Gasteiger partial charge in [-0.2, -0.15) is 0 Å². The third kappa shape index (κ3) is 5.07. The van der Waals surface area contributed by atoms with Crippen molar-refractivity contribution in [3.8, 4) is 0 Å². The van der Waals surface area contributed by atoms with Gasteiger partial charge in [0.05, 0.1) is 16.8 Å². The second-order valence-corrected chi connectivity index (χ2v) is 6.87. The standard InChI is InChI=1S/C17H19N3O3S/c1-2-3-10-20-24(22,23)16-7-4-14(5-8-16)17(21)9-6-15-13-18-11-12-19-15/h4-9,11-13,20H,2-3,10H2,1H3/b9-6+. The van der Waals surface area contributed by atoms with Gasteiger partial charge >= 0.3 is 0 Å². The number of nitrogens with zero attached hydrogens (tertiary/aromatic N) is 2. The molecule has 0 unspecified atom stereocenters. The molecule has 2 rings (SSSR count). The molecule has 1 aromatic heterocycles. The molecular formula is C17H19N3O3S. The first-order valence-electron chi connectivity index (χ1n) is 7.61. The van der Waals surface area contributed by atoms with Gasteiger partial charge in [0.25, 0.3) is 0 Å². The summed E-state index contributed by atoms with van der Waals surface area (Å²) < 4.78 is 26.7. The van der Waals surface area contributed by atoms with E-state index in [1.807, 2.05) is 6.92 Å². The zero-order valence-corrected chi connectivity index (χ0v) is 14.2. The van der Waals surface area contributed by atoms with Gasteiger partial charge in [0.2, 0.25) is 10.0 Å². The SMILES string of the molecule is CCCCNS(=O)(=O)c1ccc(C(=O)/C=C/c2cnccn2)cc1. The topological polar surface area (TPSA) is 89.0 Å². The van der Waals surface area contributed by atoms with Crippen molar-refractivity contribution in [1.29, 1.82) is 0 Å². The van der Waals surface area contributed by atoms with Crippen molar-refractivity contribution in [2.75, 3.05) is 6.54 Å². The molecular weight excluding hydrogens is 326 g/mol. The lowest BCUT2D eigenvalue weighted by Crippen LogP contribution is -2.24. The maximum absolute atomic E-state index is 12.1. The maximum Gasteiger partial charge on any atom is 0.240 e. The lowest BCUT2D eigenvalue weighted by molar-refractivity contribution is 0.104. The van der Waals surface area contributed by atoms with Gasteiger partial charge in [0.1, 0.15) is 0 Å². The molecule has 1 heterocycles. The van der Waals surface area contributed by atoms with Crippen molar-refractivity contribution in [1.82, 2.24) is 14.7 Å². The van der Waals surface area contributed by atoms with E-state index >= 15 is 0 Å². The predicted molar refractivity (Wildman–Crippen MR) is 91.9 cm³/mol. The molecule has 24 heavy (non-hydrogen) atoms. The number of carbonyl (C=O) groups excluding carboxylic acids is 1. The van der Waals surface area contributed by atoms with Gasteiger partial charge in [-0.1, -0.05) is 13.3 Å². The fraction of sp³-hybridized carbons (Fsp3) is 0.235. The predicted octanol–water partition coefficient (Wildman–Crippen LogP) is 2.45. The molecule has 0 aliphatic rings. The summed E-state index contributed by atoms with van der Waals surface area (Å²) in [5, 5.41) is 0. The number of hydrogen-bond acceptors (Lipinski definition) is 5. The highest BCUT2D eigenvalue weighted by molar-refractivity contribution is 7.89. The molecule has 0 spiro atoms. The van der Waals surface area contributed by atoms with Crippen LogP contribution in [-0.4, -0.2) is 30.7 Å². The molecule has 0 saturated heterocycles.